The SMILES string of the molecule is CCCNCCN(C)CCOc1ccccc1OCC. The fraction of sp³-hybridized carbons (Fsp3) is 0.625. The number of para-hydroxylation sites is 2. The van der Waals surface area contributed by atoms with E-state index in [4.69, 9.17) is 9.47 Å². The summed E-state index contributed by atoms with van der Waals surface area (Å²) < 4.78 is 11.3. The Labute approximate surface area is 123 Å². The lowest BCUT2D eigenvalue weighted by atomic mass is 10.3. The zero-order chi connectivity index (χ0) is 14.6. The van der Waals surface area contributed by atoms with Gasteiger partial charge in [0, 0.05) is 19.6 Å². The molecule has 0 atom stereocenters. The van der Waals surface area contributed by atoms with E-state index < -0.39 is 0 Å². The molecule has 0 radical (unpaired) electrons. The van der Waals surface area contributed by atoms with Crippen molar-refractivity contribution >= 4 is 0 Å². The van der Waals surface area contributed by atoms with Gasteiger partial charge in [-0.2, -0.15) is 0 Å². The van der Waals surface area contributed by atoms with Crippen molar-refractivity contribution in [2.24, 2.45) is 0 Å². The number of likely N-dealkylation sites (N-methyl/N-ethyl adjacent to an activating group) is 1. The minimum Gasteiger partial charge on any atom is -0.490 e. The maximum Gasteiger partial charge on any atom is 0.161 e. The number of nitrogens with zero attached hydrogens (tertiary/aromatic N) is 1. The van der Waals surface area contributed by atoms with Gasteiger partial charge in [0.2, 0.25) is 0 Å². The van der Waals surface area contributed by atoms with Gasteiger partial charge in [-0.3, -0.25) is 0 Å². The monoisotopic (exact) mass is 280 g/mol. The molecule has 0 aliphatic carbocycles. The van der Waals surface area contributed by atoms with Crippen LogP contribution in [-0.4, -0.2) is 51.3 Å². The van der Waals surface area contributed by atoms with Crippen LogP contribution < -0.4 is 14.8 Å². The highest BCUT2D eigenvalue weighted by Gasteiger charge is 2.04. The molecule has 0 saturated carbocycles. The summed E-state index contributed by atoms with van der Waals surface area (Å²) in [6.07, 6.45) is 1.18. The highest BCUT2D eigenvalue weighted by Crippen LogP contribution is 2.26. The van der Waals surface area contributed by atoms with Crippen LogP contribution in [0.5, 0.6) is 11.5 Å². The minimum atomic E-state index is 0.656. The molecule has 1 aromatic rings. The predicted octanol–water partition coefficient (Wildman–Crippen LogP) is 2.40. The van der Waals surface area contributed by atoms with E-state index >= 15 is 0 Å². The molecular weight excluding hydrogens is 252 g/mol. The minimum absolute atomic E-state index is 0.656. The predicted molar refractivity (Wildman–Crippen MR) is 83.8 cm³/mol. The highest BCUT2D eigenvalue weighted by atomic mass is 16.5. The van der Waals surface area contributed by atoms with Crippen LogP contribution in [0.1, 0.15) is 20.3 Å². The third-order valence-electron chi connectivity index (χ3n) is 2.98. The van der Waals surface area contributed by atoms with Crippen LogP contribution in [0.15, 0.2) is 24.3 Å². The molecule has 0 heterocycles. The van der Waals surface area contributed by atoms with Gasteiger partial charge in [-0.1, -0.05) is 19.1 Å². The summed E-state index contributed by atoms with van der Waals surface area (Å²) >= 11 is 0. The van der Waals surface area contributed by atoms with Gasteiger partial charge in [0.25, 0.3) is 0 Å². The molecule has 0 unspecified atom stereocenters. The maximum absolute atomic E-state index is 5.80. The number of hydrogen-bond donors (Lipinski definition) is 1. The van der Waals surface area contributed by atoms with Crippen LogP contribution in [0.3, 0.4) is 0 Å². The molecular formula is C16H28N2O2. The first-order valence-corrected chi connectivity index (χ1v) is 7.51. The van der Waals surface area contributed by atoms with E-state index in [-0.39, 0.29) is 0 Å². The summed E-state index contributed by atoms with van der Waals surface area (Å²) in [4.78, 5) is 2.27. The van der Waals surface area contributed by atoms with E-state index in [9.17, 15) is 0 Å². The van der Waals surface area contributed by atoms with Crippen molar-refractivity contribution in [1.82, 2.24) is 10.2 Å². The zero-order valence-corrected chi connectivity index (χ0v) is 13.0. The molecule has 0 aliphatic heterocycles. The summed E-state index contributed by atoms with van der Waals surface area (Å²) in [5.41, 5.74) is 0. The van der Waals surface area contributed by atoms with Crippen molar-refractivity contribution in [1.29, 1.82) is 0 Å². The summed E-state index contributed by atoms with van der Waals surface area (Å²) in [5.74, 6) is 1.65. The van der Waals surface area contributed by atoms with Crippen LogP contribution in [0.2, 0.25) is 0 Å². The van der Waals surface area contributed by atoms with Crippen LogP contribution >= 0.6 is 0 Å². The van der Waals surface area contributed by atoms with Crippen molar-refractivity contribution in [3.8, 4) is 11.5 Å². The van der Waals surface area contributed by atoms with Gasteiger partial charge in [0.1, 0.15) is 6.61 Å². The third kappa shape index (κ3) is 6.78. The lowest BCUT2D eigenvalue weighted by Crippen LogP contribution is -2.32. The second-order valence-electron chi connectivity index (χ2n) is 4.78. The molecule has 0 amide bonds. The Hall–Kier alpha value is -1.26. The van der Waals surface area contributed by atoms with Crippen LogP contribution in [-0.2, 0) is 0 Å². The first-order valence-electron chi connectivity index (χ1n) is 7.51. The van der Waals surface area contributed by atoms with Gasteiger partial charge in [0.15, 0.2) is 11.5 Å². The van der Waals surface area contributed by atoms with Crippen molar-refractivity contribution in [2.75, 3.05) is 46.4 Å². The lowest BCUT2D eigenvalue weighted by Gasteiger charge is -2.18. The smallest absolute Gasteiger partial charge is 0.161 e. The van der Waals surface area contributed by atoms with Crippen LogP contribution in [0.25, 0.3) is 0 Å². The molecule has 0 aliphatic rings. The summed E-state index contributed by atoms with van der Waals surface area (Å²) in [5, 5.41) is 3.40. The number of rotatable bonds is 11. The fourth-order valence-electron chi connectivity index (χ4n) is 1.84. The summed E-state index contributed by atoms with van der Waals surface area (Å²) in [7, 11) is 2.12. The number of ether oxygens (including phenoxy) is 2. The molecule has 0 aromatic heterocycles. The second-order valence-corrected chi connectivity index (χ2v) is 4.78. The van der Waals surface area contributed by atoms with E-state index in [0.29, 0.717) is 13.2 Å². The van der Waals surface area contributed by atoms with Crippen LogP contribution in [0, 0.1) is 0 Å². The van der Waals surface area contributed by atoms with E-state index in [2.05, 4.69) is 24.2 Å². The van der Waals surface area contributed by atoms with Gasteiger partial charge >= 0.3 is 0 Å². The Balaban J connectivity index is 2.23. The molecule has 114 valence electrons. The molecule has 1 rings (SSSR count). The third-order valence-corrected chi connectivity index (χ3v) is 2.98. The molecule has 20 heavy (non-hydrogen) atoms. The molecule has 0 saturated heterocycles. The van der Waals surface area contributed by atoms with E-state index in [1.54, 1.807) is 0 Å². The summed E-state index contributed by atoms with van der Waals surface area (Å²) in [6.45, 7) is 9.56. The number of nitrogens with one attached hydrogen (secondary N) is 1. The normalized spacial score (nSPS) is 10.8. The number of benzene rings is 1. The zero-order valence-electron chi connectivity index (χ0n) is 13.0. The van der Waals surface area contributed by atoms with Crippen molar-refractivity contribution in [3.05, 3.63) is 24.3 Å². The molecule has 1 N–H and O–H groups in total. The Morgan fingerprint density at radius 2 is 1.70 bits per heavy atom. The molecule has 4 nitrogen and oxygen atoms in total. The Morgan fingerprint density at radius 1 is 1.00 bits per heavy atom. The van der Waals surface area contributed by atoms with Gasteiger partial charge in [-0.25, -0.2) is 0 Å². The summed E-state index contributed by atoms with van der Waals surface area (Å²) in [6, 6.07) is 7.82. The van der Waals surface area contributed by atoms with Crippen molar-refractivity contribution in [2.45, 2.75) is 20.3 Å². The first kappa shape index (κ1) is 16.8. The first-order chi connectivity index (χ1) is 9.77. The number of hydrogen-bond acceptors (Lipinski definition) is 4. The van der Waals surface area contributed by atoms with Gasteiger partial charge in [-0.15, -0.1) is 0 Å². The van der Waals surface area contributed by atoms with E-state index in [1.165, 1.54) is 6.42 Å². The quantitative estimate of drug-likeness (QED) is 0.631. The molecule has 0 bridgehead atoms. The lowest BCUT2D eigenvalue weighted by molar-refractivity contribution is 0.226. The second kappa shape index (κ2) is 10.5. The standard InChI is InChI=1S/C16H28N2O2/c1-4-10-17-11-12-18(3)13-14-20-16-9-7-6-8-15(16)19-5-2/h6-9,17H,4-5,10-14H2,1-3H3. The topological polar surface area (TPSA) is 33.7 Å². The fourth-order valence-corrected chi connectivity index (χ4v) is 1.84. The Morgan fingerprint density at radius 3 is 2.35 bits per heavy atom. The van der Waals surface area contributed by atoms with Crippen molar-refractivity contribution in [3.63, 3.8) is 0 Å². The van der Waals surface area contributed by atoms with Crippen LogP contribution in [0.4, 0.5) is 0 Å². The average molecular weight is 280 g/mol. The molecule has 0 fully saturated rings. The Kier molecular flexibility index (Phi) is 8.83. The maximum atomic E-state index is 5.80. The largest absolute Gasteiger partial charge is 0.490 e. The molecule has 0 spiro atoms. The van der Waals surface area contributed by atoms with Crippen molar-refractivity contribution < 1.29 is 9.47 Å². The Bertz CT molecular complexity index is 358. The molecule has 1 aromatic carbocycles. The van der Waals surface area contributed by atoms with E-state index in [0.717, 1.165) is 37.7 Å². The van der Waals surface area contributed by atoms with Gasteiger partial charge in [0.05, 0.1) is 6.61 Å². The average Bonchev–Trinajstić information content (AvgIpc) is 2.46. The van der Waals surface area contributed by atoms with Gasteiger partial charge in [-0.05, 0) is 39.1 Å². The van der Waals surface area contributed by atoms with Gasteiger partial charge < -0.3 is 19.7 Å². The molecule has 4 heteroatoms. The highest BCUT2D eigenvalue weighted by molar-refractivity contribution is 5.39. The van der Waals surface area contributed by atoms with E-state index in [1.807, 2.05) is 31.2 Å².